The fourth-order valence-corrected chi connectivity index (χ4v) is 1.68. The third-order valence-corrected chi connectivity index (χ3v) is 2.93. The van der Waals surface area contributed by atoms with Crippen LogP contribution in [0.5, 0.6) is 0 Å². The van der Waals surface area contributed by atoms with Crippen molar-refractivity contribution < 1.29 is 13.2 Å². The number of aromatic amines is 1. The molecule has 0 spiro atoms. The summed E-state index contributed by atoms with van der Waals surface area (Å²) in [6.45, 7) is 1.71. The molecule has 2 aromatic rings. The molecule has 0 unspecified atom stereocenters. The molecule has 0 amide bonds. The number of hydrogen-bond donors (Lipinski definition) is 1. The molecule has 2 rings (SSSR count). The maximum Gasteiger partial charge on any atom is 0.431 e. The molecule has 0 saturated heterocycles. The number of benzene rings is 1. The summed E-state index contributed by atoms with van der Waals surface area (Å²) < 4.78 is 37.8. The van der Waals surface area contributed by atoms with E-state index in [2.05, 4.69) is 4.98 Å². The van der Waals surface area contributed by atoms with Crippen molar-refractivity contribution in [3.05, 3.63) is 51.0 Å². The van der Waals surface area contributed by atoms with Crippen molar-refractivity contribution in [2.75, 3.05) is 0 Å². The van der Waals surface area contributed by atoms with E-state index in [-0.39, 0.29) is 5.69 Å². The van der Waals surface area contributed by atoms with E-state index in [1.54, 1.807) is 24.0 Å². The summed E-state index contributed by atoms with van der Waals surface area (Å²) in [5.41, 5.74) is -1.13. The first-order valence-corrected chi connectivity index (χ1v) is 5.60. The Labute approximate surface area is 111 Å². The van der Waals surface area contributed by atoms with E-state index in [1.807, 2.05) is 0 Å². The summed E-state index contributed by atoms with van der Waals surface area (Å²) in [5.74, 6) is 0. The van der Waals surface area contributed by atoms with Crippen LogP contribution in [0.15, 0.2) is 29.1 Å². The van der Waals surface area contributed by atoms with E-state index >= 15 is 0 Å². The second-order valence-electron chi connectivity index (χ2n) is 3.95. The summed E-state index contributed by atoms with van der Waals surface area (Å²) in [5, 5.41) is 0.490. The Kier molecular flexibility index (Phi) is 3.36. The first-order valence-electron chi connectivity index (χ1n) is 5.22. The van der Waals surface area contributed by atoms with Crippen molar-refractivity contribution >= 4 is 11.6 Å². The Hall–Kier alpha value is -1.82. The Bertz CT molecular complexity index is 679. The van der Waals surface area contributed by atoms with E-state index in [0.29, 0.717) is 16.1 Å². The van der Waals surface area contributed by atoms with Gasteiger partial charge in [-0.05, 0) is 30.7 Å². The van der Waals surface area contributed by atoms with E-state index < -0.39 is 17.6 Å². The zero-order valence-corrected chi connectivity index (χ0v) is 10.4. The lowest BCUT2D eigenvalue weighted by Gasteiger charge is -2.08. The lowest BCUT2D eigenvalue weighted by molar-refractivity contribution is -0.141. The Morgan fingerprint density at radius 3 is 2.53 bits per heavy atom. The van der Waals surface area contributed by atoms with E-state index in [4.69, 9.17) is 11.6 Å². The molecule has 1 N–H and O–H groups in total. The van der Waals surface area contributed by atoms with Crippen molar-refractivity contribution in [1.29, 1.82) is 0 Å². The summed E-state index contributed by atoms with van der Waals surface area (Å²) in [6, 6.07) is 5.42. The van der Waals surface area contributed by atoms with Crippen molar-refractivity contribution in [3.8, 4) is 11.3 Å². The number of aromatic nitrogens is 2. The van der Waals surface area contributed by atoms with Crippen LogP contribution in [0.1, 0.15) is 11.3 Å². The molecule has 7 heteroatoms. The van der Waals surface area contributed by atoms with Crippen LogP contribution < -0.4 is 5.69 Å². The van der Waals surface area contributed by atoms with Gasteiger partial charge in [0.05, 0.1) is 5.69 Å². The first kappa shape index (κ1) is 13.6. The highest BCUT2D eigenvalue weighted by Gasteiger charge is 2.32. The van der Waals surface area contributed by atoms with Crippen molar-refractivity contribution in [2.24, 2.45) is 0 Å². The summed E-state index contributed by atoms with van der Waals surface area (Å²) in [7, 11) is 0. The molecule has 0 saturated carbocycles. The third kappa shape index (κ3) is 2.96. The van der Waals surface area contributed by atoms with Crippen LogP contribution in [0.25, 0.3) is 11.3 Å². The number of nitrogens with one attached hydrogen (secondary N) is 1. The van der Waals surface area contributed by atoms with Crippen molar-refractivity contribution in [1.82, 2.24) is 9.97 Å². The molecule has 0 aliphatic rings. The van der Waals surface area contributed by atoms with Crippen molar-refractivity contribution in [3.63, 3.8) is 0 Å². The minimum absolute atomic E-state index is 0.0455. The predicted molar refractivity (Wildman–Crippen MR) is 65.0 cm³/mol. The summed E-state index contributed by atoms with van der Waals surface area (Å²) in [4.78, 5) is 16.4. The average Bonchev–Trinajstić information content (AvgIpc) is 2.31. The average molecular weight is 289 g/mol. The van der Waals surface area contributed by atoms with Crippen LogP contribution in [0.3, 0.4) is 0 Å². The normalized spacial score (nSPS) is 11.6. The van der Waals surface area contributed by atoms with Crippen LogP contribution in [0.4, 0.5) is 13.2 Å². The number of halogens is 4. The van der Waals surface area contributed by atoms with E-state index in [9.17, 15) is 18.0 Å². The van der Waals surface area contributed by atoms with Gasteiger partial charge in [0, 0.05) is 10.6 Å². The highest BCUT2D eigenvalue weighted by Crippen LogP contribution is 2.29. The topological polar surface area (TPSA) is 45.8 Å². The maximum absolute atomic E-state index is 12.6. The smallest absolute Gasteiger partial charge is 0.302 e. The monoisotopic (exact) mass is 288 g/mol. The van der Waals surface area contributed by atoms with Gasteiger partial charge in [0.25, 0.3) is 0 Å². The van der Waals surface area contributed by atoms with Gasteiger partial charge in [0.1, 0.15) is 5.69 Å². The van der Waals surface area contributed by atoms with Gasteiger partial charge in [-0.2, -0.15) is 18.2 Å². The number of rotatable bonds is 1. The molecule has 100 valence electrons. The van der Waals surface area contributed by atoms with Crippen LogP contribution in [-0.4, -0.2) is 9.97 Å². The first-order chi connectivity index (χ1) is 8.77. The molecule has 19 heavy (non-hydrogen) atoms. The lowest BCUT2D eigenvalue weighted by atomic mass is 10.1. The molecule has 0 aliphatic heterocycles. The molecule has 3 nitrogen and oxygen atoms in total. The molecule has 1 aromatic carbocycles. The minimum Gasteiger partial charge on any atom is -0.302 e. The highest BCUT2D eigenvalue weighted by atomic mass is 35.5. The molecule has 0 radical (unpaired) electrons. The van der Waals surface area contributed by atoms with Gasteiger partial charge < -0.3 is 4.98 Å². The van der Waals surface area contributed by atoms with Crippen LogP contribution in [-0.2, 0) is 6.18 Å². The Morgan fingerprint density at radius 1 is 1.26 bits per heavy atom. The number of nitrogens with zero attached hydrogens (tertiary/aromatic N) is 1. The number of H-pyrrole nitrogens is 1. The number of alkyl halides is 3. The van der Waals surface area contributed by atoms with Crippen molar-refractivity contribution in [2.45, 2.75) is 13.1 Å². The quantitative estimate of drug-likeness (QED) is 0.874. The standard InChI is InChI=1S/C12H8ClF3N2O/c1-6-4-7(2-3-8(6)13)9-5-10(12(14,15)16)18-11(19)17-9/h2-5H,1H3,(H,17,18,19). The fourth-order valence-electron chi connectivity index (χ4n) is 1.56. The van der Waals surface area contributed by atoms with Crippen LogP contribution in [0.2, 0.25) is 5.02 Å². The SMILES string of the molecule is Cc1cc(-c2cc(C(F)(F)F)[nH]c(=O)n2)ccc1Cl. The zero-order valence-electron chi connectivity index (χ0n) is 9.68. The second-order valence-corrected chi connectivity index (χ2v) is 4.35. The third-order valence-electron chi connectivity index (χ3n) is 2.50. The molecular weight excluding hydrogens is 281 g/mol. The number of hydrogen-bond acceptors (Lipinski definition) is 2. The molecule has 0 atom stereocenters. The predicted octanol–water partition coefficient (Wildman–Crippen LogP) is 3.42. The Balaban J connectivity index is 2.59. The second kappa shape index (κ2) is 4.70. The maximum atomic E-state index is 12.6. The highest BCUT2D eigenvalue weighted by molar-refractivity contribution is 6.31. The molecular formula is C12H8ClF3N2O. The largest absolute Gasteiger partial charge is 0.431 e. The summed E-state index contributed by atoms with van der Waals surface area (Å²) in [6.07, 6.45) is -4.63. The molecule has 0 bridgehead atoms. The van der Waals surface area contributed by atoms with Crippen LogP contribution >= 0.6 is 11.6 Å². The number of aryl methyl sites for hydroxylation is 1. The van der Waals surface area contributed by atoms with Gasteiger partial charge in [-0.1, -0.05) is 17.7 Å². The van der Waals surface area contributed by atoms with E-state index in [1.165, 1.54) is 6.07 Å². The fraction of sp³-hybridized carbons (Fsp3) is 0.167. The molecule has 0 fully saturated rings. The minimum atomic E-state index is -4.63. The van der Waals surface area contributed by atoms with Gasteiger partial charge >= 0.3 is 11.9 Å². The van der Waals surface area contributed by atoms with Gasteiger partial charge in [-0.15, -0.1) is 0 Å². The Morgan fingerprint density at radius 2 is 1.95 bits per heavy atom. The van der Waals surface area contributed by atoms with Gasteiger partial charge in [0.15, 0.2) is 0 Å². The van der Waals surface area contributed by atoms with Gasteiger partial charge in [-0.25, -0.2) is 4.79 Å². The molecule has 1 heterocycles. The zero-order chi connectivity index (χ0) is 14.2. The molecule has 1 aromatic heterocycles. The van der Waals surface area contributed by atoms with Gasteiger partial charge in [-0.3, -0.25) is 0 Å². The lowest BCUT2D eigenvalue weighted by Crippen LogP contribution is -2.19. The van der Waals surface area contributed by atoms with Crippen LogP contribution in [0, 0.1) is 6.92 Å². The summed E-state index contributed by atoms with van der Waals surface area (Å²) >= 11 is 5.83. The molecule has 0 aliphatic carbocycles. The van der Waals surface area contributed by atoms with Gasteiger partial charge in [0.2, 0.25) is 0 Å². The van der Waals surface area contributed by atoms with E-state index in [0.717, 1.165) is 6.07 Å².